The molecule has 1 aromatic heterocycles. The summed E-state index contributed by atoms with van der Waals surface area (Å²) in [6.45, 7) is -0.0743. The van der Waals surface area contributed by atoms with Gasteiger partial charge in [-0.05, 0) is 15.9 Å². The van der Waals surface area contributed by atoms with Crippen LogP contribution >= 0.6 is 15.9 Å². The van der Waals surface area contributed by atoms with Crippen LogP contribution in [0.25, 0.3) is 0 Å². The molecular formula is C4H6BrN3O. The first-order valence-corrected chi connectivity index (χ1v) is 3.19. The minimum atomic E-state index is -0.0743. The van der Waals surface area contributed by atoms with Gasteiger partial charge >= 0.3 is 0 Å². The molecule has 9 heavy (non-hydrogen) atoms. The van der Waals surface area contributed by atoms with Crippen LogP contribution in [-0.4, -0.2) is 19.9 Å². The molecule has 1 N–H and O–H groups in total. The van der Waals surface area contributed by atoms with E-state index in [4.69, 9.17) is 5.11 Å². The second-order valence-corrected chi connectivity index (χ2v) is 2.31. The minimum Gasteiger partial charge on any atom is -0.388 e. The quantitative estimate of drug-likeness (QED) is 0.684. The highest BCUT2D eigenvalue weighted by Crippen LogP contribution is 2.04. The highest BCUT2D eigenvalue weighted by molar-refractivity contribution is 9.10. The first kappa shape index (κ1) is 6.70. The summed E-state index contributed by atoms with van der Waals surface area (Å²) in [7, 11) is 1.77. The van der Waals surface area contributed by atoms with E-state index in [1.54, 1.807) is 11.6 Å². The third kappa shape index (κ3) is 1.11. The molecule has 0 fully saturated rings. The van der Waals surface area contributed by atoms with Crippen molar-refractivity contribution in [1.29, 1.82) is 0 Å². The van der Waals surface area contributed by atoms with Crippen molar-refractivity contribution in [3.63, 3.8) is 0 Å². The van der Waals surface area contributed by atoms with Gasteiger partial charge < -0.3 is 9.67 Å². The van der Waals surface area contributed by atoms with Gasteiger partial charge in [-0.3, -0.25) is 0 Å². The molecule has 4 nitrogen and oxygen atoms in total. The summed E-state index contributed by atoms with van der Waals surface area (Å²) >= 11 is 3.14. The fourth-order valence-corrected chi connectivity index (χ4v) is 0.761. The molecule has 0 aliphatic carbocycles. The van der Waals surface area contributed by atoms with Crippen molar-refractivity contribution in [2.24, 2.45) is 7.05 Å². The molecule has 0 unspecified atom stereocenters. The maximum atomic E-state index is 8.59. The molecule has 0 saturated carbocycles. The molecular weight excluding hydrogens is 186 g/mol. The third-order valence-corrected chi connectivity index (χ3v) is 1.74. The van der Waals surface area contributed by atoms with Gasteiger partial charge in [0.05, 0.1) is 0 Å². The van der Waals surface area contributed by atoms with Crippen LogP contribution in [0.4, 0.5) is 0 Å². The van der Waals surface area contributed by atoms with Crippen molar-refractivity contribution in [2.45, 2.75) is 6.61 Å². The van der Waals surface area contributed by atoms with E-state index in [9.17, 15) is 0 Å². The molecule has 0 aliphatic heterocycles. The van der Waals surface area contributed by atoms with Gasteiger partial charge in [-0.1, -0.05) is 0 Å². The zero-order valence-corrected chi connectivity index (χ0v) is 6.46. The molecule has 0 bridgehead atoms. The van der Waals surface area contributed by atoms with Crippen LogP contribution in [0.15, 0.2) is 4.73 Å². The highest BCUT2D eigenvalue weighted by atomic mass is 79.9. The van der Waals surface area contributed by atoms with Crippen LogP contribution in [0.2, 0.25) is 0 Å². The van der Waals surface area contributed by atoms with Gasteiger partial charge in [0.25, 0.3) is 0 Å². The Labute approximate surface area is 60.6 Å². The average Bonchev–Trinajstić information content (AvgIpc) is 2.15. The van der Waals surface area contributed by atoms with Gasteiger partial charge in [-0.15, -0.1) is 10.2 Å². The van der Waals surface area contributed by atoms with E-state index in [1.807, 2.05) is 0 Å². The zero-order valence-electron chi connectivity index (χ0n) is 4.87. The lowest BCUT2D eigenvalue weighted by molar-refractivity contribution is 0.266. The molecule has 50 valence electrons. The lowest BCUT2D eigenvalue weighted by Gasteiger charge is -1.92. The van der Waals surface area contributed by atoms with Gasteiger partial charge in [0.1, 0.15) is 6.61 Å². The summed E-state index contributed by atoms with van der Waals surface area (Å²) < 4.78 is 2.30. The third-order valence-electron chi connectivity index (χ3n) is 1.05. The monoisotopic (exact) mass is 191 g/mol. The minimum absolute atomic E-state index is 0.0743. The number of aromatic nitrogens is 3. The van der Waals surface area contributed by atoms with Crippen molar-refractivity contribution >= 4 is 15.9 Å². The second-order valence-electron chi connectivity index (χ2n) is 1.60. The molecule has 0 atom stereocenters. The smallest absolute Gasteiger partial charge is 0.199 e. The number of aliphatic hydroxyl groups is 1. The number of halogens is 1. The molecule has 0 aliphatic rings. The van der Waals surface area contributed by atoms with E-state index in [0.717, 1.165) is 0 Å². The molecule has 1 aromatic rings. The van der Waals surface area contributed by atoms with Gasteiger partial charge in [0.2, 0.25) is 0 Å². The number of nitrogens with zero attached hydrogens (tertiary/aromatic N) is 3. The van der Waals surface area contributed by atoms with Crippen LogP contribution in [0, 0.1) is 0 Å². The number of hydrogen-bond donors (Lipinski definition) is 1. The van der Waals surface area contributed by atoms with E-state index in [1.165, 1.54) is 0 Å². The van der Waals surface area contributed by atoms with Crippen molar-refractivity contribution in [1.82, 2.24) is 14.8 Å². The van der Waals surface area contributed by atoms with Gasteiger partial charge in [-0.25, -0.2) is 0 Å². The Morgan fingerprint density at radius 1 is 1.67 bits per heavy atom. The first-order chi connectivity index (χ1) is 4.25. The maximum absolute atomic E-state index is 8.59. The molecule has 5 heteroatoms. The summed E-state index contributed by atoms with van der Waals surface area (Å²) in [5.74, 6) is 0.557. The summed E-state index contributed by atoms with van der Waals surface area (Å²) in [5.41, 5.74) is 0. The Kier molecular flexibility index (Phi) is 1.82. The molecule has 0 saturated heterocycles. The standard InChI is InChI=1S/C4H6BrN3O/c1-8-3(2-9)6-7-4(8)5/h9H,2H2,1H3. The number of hydrogen-bond acceptors (Lipinski definition) is 3. The van der Waals surface area contributed by atoms with Crippen molar-refractivity contribution in [3.8, 4) is 0 Å². The molecule has 1 rings (SSSR count). The largest absolute Gasteiger partial charge is 0.388 e. The molecule has 0 radical (unpaired) electrons. The highest BCUT2D eigenvalue weighted by Gasteiger charge is 2.01. The first-order valence-electron chi connectivity index (χ1n) is 2.40. The van der Waals surface area contributed by atoms with Crippen LogP contribution in [0.3, 0.4) is 0 Å². The molecule has 1 heterocycles. The Morgan fingerprint density at radius 3 is 2.56 bits per heavy atom. The van der Waals surface area contributed by atoms with E-state index >= 15 is 0 Å². The SMILES string of the molecule is Cn1c(Br)nnc1CO. The lowest BCUT2D eigenvalue weighted by Crippen LogP contribution is -1.96. The van der Waals surface area contributed by atoms with E-state index < -0.39 is 0 Å². The van der Waals surface area contributed by atoms with Crippen LogP contribution in [-0.2, 0) is 13.7 Å². The predicted octanol–water partition coefficient (Wildman–Crippen LogP) is 0.0699. The van der Waals surface area contributed by atoms with E-state index in [0.29, 0.717) is 10.6 Å². The summed E-state index contributed by atoms with van der Waals surface area (Å²) in [6, 6.07) is 0. The number of aliphatic hydroxyl groups excluding tert-OH is 1. The summed E-state index contributed by atoms with van der Waals surface area (Å²) in [5, 5.41) is 15.9. The van der Waals surface area contributed by atoms with Crippen LogP contribution in [0.1, 0.15) is 5.82 Å². The van der Waals surface area contributed by atoms with E-state index in [2.05, 4.69) is 26.1 Å². The van der Waals surface area contributed by atoms with Gasteiger partial charge in [-0.2, -0.15) is 0 Å². The average molecular weight is 192 g/mol. The molecule has 0 amide bonds. The molecule has 0 aromatic carbocycles. The Morgan fingerprint density at radius 2 is 2.33 bits per heavy atom. The van der Waals surface area contributed by atoms with Crippen molar-refractivity contribution < 1.29 is 5.11 Å². The second kappa shape index (κ2) is 2.45. The fraction of sp³-hybridized carbons (Fsp3) is 0.500. The maximum Gasteiger partial charge on any atom is 0.199 e. The Hall–Kier alpha value is -0.420. The molecule has 0 spiro atoms. The van der Waals surface area contributed by atoms with Crippen LogP contribution in [0.5, 0.6) is 0 Å². The van der Waals surface area contributed by atoms with Crippen molar-refractivity contribution in [2.75, 3.05) is 0 Å². The number of rotatable bonds is 1. The van der Waals surface area contributed by atoms with E-state index in [-0.39, 0.29) is 6.61 Å². The summed E-state index contributed by atoms with van der Waals surface area (Å²) in [4.78, 5) is 0. The Balaban J connectivity index is 3.04. The van der Waals surface area contributed by atoms with Gasteiger partial charge in [0.15, 0.2) is 10.6 Å². The fourth-order valence-electron chi connectivity index (χ4n) is 0.477. The zero-order chi connectivity index (χ0) is 6.85. The van der Waals surface area contributed by atoms with Crippen LogP contribution < -0.4 is 0 Å². The Bertz CT molecular complexity index is 210. The predicted molar refractivity (Wildman–Crippen MR) is 34.6 cm³/mol. The lowest BCUT2D eigenvalue weighted by atomic mass is 10.6. The topological polar surface area (TPSA) is 50.9 Å². The summed E-state index contributed by atoms with van der Waals surface area (Å²) in [6.07, 6.45) is 0. The van der Waals surface area contributed by atoms with Crippen molar-refractivity contribution in [3.05, 3.63) is 10.6 Å². The normalized spacial score (nSPS) is 10.1. The van der Waals surface area contributed by atoms with Gasteiger partial charge in [0, 0.05) is 7.05 Å².